The van der Waals surface area contributed by atoms with Crippen molar-refractivity contribution in [1.82, 2.24) is 4.90 Å². The van der Waals surface area contributed by atoms with E-state index in [4.69, 9.17) is 0 Å². The molecule has 0 spiro atoms. The zero-order valence-corrected chi connectivity index (χ0v) is 14.2. The molecule has 0 unspecified atom stereocenters. The molecule has 1 amide bonds. The van der Waals surface area contributed by atoms with Gasteiger partial charge < -0.3 is 14.4 Å². The molecule has 1 fully saturated rings. The van der Waals surface area contributed by atoms with Crippen LogP contribution in [0.4, 0.5) is 19.3 Å². The Morgan fingerprint density at radius 2 is 1.70 bits per heavy atom. The highest BCUT2D eigenvalue weighted by molar-refractivity contribution is 5.68. The Morgan fingerprint density at radius 3 is 2.00 bits per heavy atom. The highest BCUT2D eigenvalue weighted by Gasteiger charge is 2.15. The lowest BCUT2D eigenvalue weighted by molar-refractivity contribution is -0.384. The minimum atomic E-state index is -0.799. The third kappa shape index (κ3) is 7.90. The molecule has 0 saturated carbocycles. The van der Waals surface area contributed by atoms with Crippen molar-refractivity contribution < 1.29 is 32.8 Å². The Labute approximate surface area is 153 Å². The van der Waals surface area contributed by atoms with Crippen molar-refractivity contribution in [1.29, 1.82) is 0 Å². The van der Waals surface area contributed by atoms with Crippen LogP contribution < -0.4 is 4.74 Å². The van der Waals surface area contributed by atoms with Crippen molar-refractivity contribution in [2.45, 2.75) is 0 Å². The summed E-state index contributed by atoms with van der Waals surface area (Å²) in [6.45, 7) is 1.55. The molecule has 8 nitrogen and oxygen atoms in total. The van der Waals surface area contributed by atoms with E-state index in [-0.39, 0.29) is 24.0 Å². The van der Waals surface area contributed by atoms with Crippen LogP contribution in [0, 0.1) is 21.7 Å². The fraction of sp³-hybridized carbons (Fsp3) is 0.176. The van der Waals surface area contributed by atoms with Gasteiger partial charge >= 0.3 is 6.09 Å². The normalized spacial score (nSPS) is 12.0. The van der Waals surface area contributed by atoms with Gasteiger partial charge in [-0.1, -0.05) is 12.1 Å². The largest absolute Gasteiger partial charge is 0.448 e. The number of cyclic esters (lactones) is 1. The lowest BCUT2D eigenvalue weighted by atomic mass is 10.3. The first kappa shape index (κ1) is 21.5. The molecule has 0 aromatic heterocycles. The predicted molar refractivity (Wildman–Crippen MR) is 90.1 cm³/mol. The van der Waals surface area contributed by atoms with Crippen LogP contribution in [0.15, 0.2) is 48.5 Å². The molecule has 3 rings (SSSR count). The highest BCUT2D eigenvalue weighted by atomic mass is 19.2. The Kier molecular flexibility index (Phi) is 8.86. The van der Waals surface area contributed by atoms with Gasteiger partial charge in [0.05, 0.1) is 11.5 Å². The third-order valence-electron chi connectivity index (χ3n) is 3.02. The Bertz CT molecular complexity index is 749. The topological polar surface area (TPSA) is 99.0 Å². The van der Waals surface area contributed by atoms with Crippen LogP contribution >= 0.6 is 0 Å². The van der Waals surface area contributed by atoms with E-state index >= 15 is 0 Å². The average molecular weight is 382 g/mol. The van der Waals surface area contributed by atoms with Crippen LogP contribution in [0.2, 0.25) is 0 Å². The first-order valence-electron chi connectivity index (χ1n) is 7.47. The molecule has 0 bridgehead atoms. The first-order chi connectivity index (χ1) is 12.8. The number of benzene rings is 2. The molecule has 1 heterocycles. The van der Waals surface area contributed by atoms with Gasteiger partial charge in [-0.3, -0.25) is 14.9 Å². The van der Waals surface area contributed by atoms with Crippen molar-refractivity contribution in [2.24, 2.45) is 0 Å². The number of amides is 1. The van der Waals surface area contributed by atoms with Gasteiger partial charge in [-0.15, -0.1) is 0 Å². The number of halogens is 2. The van der Waals surface area contributed by atoms with Crippen LogP contribution in [0.3, 0.4) is 0 Å². The number of nitro benzene ring substituents is 1. The second kappa shape index (κ2) is 11.1. The summed E-state index contributed by atoms with van der Waals surface area (Å²) in [4.78, 5) is 31.3. The molecule has 0 radical (unpaired) electrons. The van der Waals surface area contributed by atoms with E-state index in [0.717, 1.165) is 18.7 Å². The molecule has 0 N–H and O–H groups in total. The standard InChI is InChI=1S/C7H5NO4.C6H4F2.C4H7NO2/c9-5-12-7-3-1-6(2-4-7)8(10)11;7-5-3-1-2-4-6(5)8;1-5-2-3-7-4(5)6/h1-5H;1-4H;2-3H2,1H3. The maximum atomic E-state index is 11.9. The summed E-state index contributed by atoms with van der Waals surface area (Å²) in [5, 5.41) is 10.2. The highest BCUT2D eigenvalue weighted by Crippen LogP contribution is 2.16. The summed E-state index contributed by atoms with van der Waals surface area (Å²) in [5.41, 5.74) is -0.0340. The van der Waals surface area contributed by atoms with Gasteiger partial charge in [-0.05, 0) is 24.3 Å². The summed E-state index contributed by atoms with van der Waals surface area (Å²) in [6.07, 6.45) is -0.208. The van der Waals surface area contributed by atoms with Gasteiger partial charge in [0.1, 0.15) is 12.4 Å². The molecule has 27 heavy (non-hydrogen) atoms. The smallest absolute Gasteiger partial charge is 0.409 e. The van der Waals surface area contributed by atoms with E-state index < -0.39 is 16.6 Å². The number of rotatable bonds is 3. The van der Waals surface area contributed by atoms with Gasteiger partial charge in [0.25, 0.3) is 12.2 Å². The SMILES string of the molecule is CN1CCOC1=O.Fc1ccccc1F.O=COc1ccc([N+](=O)[O-])cc1. The van der Waals surface area contributed by atoms with Crippen molar-refractivity contribution >= 4 is 18.3 Å². The van der Waals surface area contributed by atoms with Crippen LogP contribution in [0.25, 0.3) is 0 Å². The third-order valence-corrected chi connectivity index (χ3v) is 3.02. The molecule has 2 aromatic rings. The minimum absolute atomic E-state index is 0.0340. The van der Waals surface area contributed by atoms with Crippen LogP contribution in [0.5, 0.6) is 5.75 Å². The van der Waals surface area contributed by atoms with Gasteiger partial charge in [0, 0.05) is 19.2 Å². The van der Waals surface area contributed by atoms with Crippen molar-refractivity contribution in [3.05, 3.63) is 70.3 Å². The Hall–Kier alpha value is -3.56. The van der Waals surface area contributed by atoms with E-state index in [9.17, 15) is 28.5 Å². The lowest BCUT2D eigenvalue weighted by Gasteiger charge is -1.98. The van der Waals surface area contributed by atoms with Crippen molar-refractivity contribution in [3.8, 4) is 5.75 Å². The molecule has 0 aliphatic carbocycles. The zero-order valence-electron chi connectivity index (χ0n) is 14.2. The monoisotopic (exact) mass is 382 g/mol. The first-order valence-corrected chi connectivity index (χ1v) is 7.47. The maximum absolute atomic E-state index is 11.9. The number of likely N-dealkylation sites (N-methyl/N-ethyl adjacent to an activating group) is 1. The molecular formula is C17H16F2N2O6. The van der Waals surface area contributed by atoms with Crippen molar-refractivity contribution in [3.63, 3.8) is 0 Å². The molecule has 2 aromatic carbocycles. The Morgan fingerprint density at radius 1 is 1.15 bits per heavy atom. The number of hydrogen-bond acceptors (Lipinski definition) is 6. The molecular weight excluding hydrogens is 366 g/mol. The van der Waals surface area contributed by atoms with E-state index in [1.54, 1.807) is 11.9 Å². The van der Waals surface area contributed by atoms with Gasteiger partial charge in [0.2, 0.25) is 0 Å². The van der Waals surface area contributed by atoms with Crippen LogP contribution in [-0.4, -0.2) is 42.6 Å². The lowest BCUT2D eigenvalue weighted by Crippen LogP contribution is -2.17. The second-order valence-corrected chi connectivity index (χ2v) is 4.92. The molecule has 144 valence electrons. The van der Waals surface area contributed by atoms with Crippen molar-refractivity contribution in [2.75, 3.05) is 20.2 Å². The van der Waals surface area contributed by atoms with Gasteiger partial charge in [-0.2, -0.15) is 0 Å². The average Bonchev–Trinajstić information content (AvgIpc) is 3.02. The van der Waals surface area contributed by atoms with Crippen LogP contribution in [-0.2, 0) is 9.53 Å². The summed E-state index contributed by atoms with van der Waals surface area (Å²) >= 11 is 0. The number of non-ortho nitro benzene ring substituents is 1. The maximum Gasteiger partial charge on any atom is 0.409 e. The van der Waals surface area contributed by atoms with E-state index in [0.29, 0.717) is 6.61 Å². The fourth-order valence-electron chi connectivity index (χ4n) is 1.61. The van der Waals surface area contributed by atoms with Gasteiger partial charge in [-0.25, -0.2) is 13.6 Å². The number of nitrogens with zero attached hydrogens (tertiary/aromatic N) is 2. The summed E-state index contributed by atoms with van der Waals surface area (Å²) < 4.78 is 32.9. The van der Waals surface area contributed by atoms with E-state index in [2.05, 4.69) is 9.47 Å². The molecule has 1 aliphatic heterocycles. The number of hydrogen-bond donors (Lipinski definition) is 0. The number of ether oxygens (including phenoxy) is 2. The quantitative estimate of drug-likeness (QED) is 0.459. The molecule has 1 aliphatic rings. The zero-order chi connectivity index (χ0) is 20.2. The van der Waals surface area contributed by atoms with Crippen LogP contribution in [0.1, 0.15) is 0 Å². The minimum Gasteiger partial charge on any atom is -0.448 e. The number of nitro groups is 1. The summed E-state index contributed by atoms with van der Waals surface area (Å²) in [6, 6.07) is 10.3. The summed E-state index contributed by atoms with van der Waals surface area (Å²) in [7, 11) is 1.72. The molecule has 10 heteroatoms. The summed E-state index contributed by atoms with van der Waals surface area (Å²) in [5.74, 6) is -1.31. The molecule has 0 atom stereocenters. The number of carbonyl (C=O) groups is 2. The second-order valence-electron chi connectivity index (χ2n) is 4.92. The fourth-order valence-corrected chi connectivity index (χ4v) is 1.61. The number of carbonyl (C=O) groups excluding carboxylic acids is 2. The van der Waals surface area contributed by atoms with Gasteiger partial charge in [0.15, 0.2) is 11.6 Å². The predicted octanol–water partition coefficient (Wildman–Crippen LogP) is 3.16. The van der Waals surface area contributed by atoms with E-state index in [1.165, 1.54) is 36.4 Å². The Balaban J connectivity index is 0.000000212. The van der Waals surface area contributed by atoms with E-state index in [1.807, 2.05) is 0 Å². The molecule has 1 saturated heterocycles.